The van der Waals surface area contributed by atoms with E-state index in [-0.39, 0.29) is 28.7 Å². The van der Waals surface area contributed by atoms with Gasteiger partial charge in [0.1, 0.15) is 0 Å². The molecule has 1 aliphatic heterocycles. The Labute approximate surface area is 123 Å². The maximum absolute atomic E-state index is 13.2. The molecule has 1 fully saturated rings. The molecule has 0 radical (unpaired) electrons. The molecule has 0 spiro atoms. The first-order valence-corrected chi connectivity index (χ1v) is 6.56. The molecule has 0 bridgehead atoms. The number of anilines is 1. The van der Waals surface area contributed by atoms with E-state index in [1.807, 2.05) is 0 Å². The van der Waals surface area contributed by atoms with Crippen LogP contribution in [0.3, 0.4) is 0 Å². The van der Waals surface area contributed by atoms with Crippen LogP contribution in [0, 0.1) is 5.41 Å². The average Bonchev–Trinajstić information content (AvgIpc) is 2.83. The van der Waals surface area contributed by atoms with Crippen molar-refractivity contribution < 1.29 is 18.0 Å². The van der Waals surface area contributed by atoms with Gasteiger partial charge in [-0.3, -0.25) is 4.79 Å². The van der Waals surface area contributed by atoms with Crippen molar-refractivity contribution in [2.24, 2.45) is 5.41 Å². The summed E-state index contributed by atoms with van der Waals surface area (Å²) in [6.07, 6.45) is -4.96. The van der Waals surface area contributed by atoms with Crippen molar-refractivity contribution in [3.8, 4) is 0 Å². The second-order valence-corrected chi connectivity index (χ2v) is 5.37. The van der Waals surface area contributed by atoms with Gasteiger partial charge in [-0.05, 0) is 25.1 Å². The number of halogens is 5. The summed E-state index contributed by atoms with van der Waals surface area (Å²) in [4.78, 5) is 12.1. The Morgan fingerprint density at radius 1 is 1.30 bits per heavy atom. The molecule has 2 N–H and O–H groups in total. The van der Waals surface area contributed by atoms with Crippen LogP contribution in [-0.4, -0.2) is 25.2 Å². The zero-order valence-corrected chi connectivity index (χ0v) is 11.7. The van der Waals surface area contributed by atoms with Gasteiger partial charge < -0.3 is 10.6 Å². The molecule has 20 heavy (non-hydrogen) atoms. The molecule has 1 aromatic rings. The monoisotopic (exact) mass is 326 g/mol. The Morgan fingerprint density at radius 2 is 1.90 bits per heavy atom. The first-order valence-electron chi connectivity index (χ1n) is 5.81. The molecule has 1 saturated heterocycles. The third-order valence-electron chi connectivity index (χ3n) is 3.33. The fourth-order valence-corrected chi connectivity index (χ4v) is 2.60. The average molecular weight is 327 g/mol. The van der Waals surface area contributed by atoms with E-state index < -0.39 is 24.0 Å². The van der Waals surface area contributed by atoms with Gasteiger partial charge in [0.25, 0.3) is 0 Å². The van der Waals surface area contributed by atoms with Gasteiger partial charge in [0.2, 0.25) is 5.91 Å². The van der Waals surface area contributed by atoms with Crippen LogP contribution in [0.2, 0.25) is 10.0 Å². The number of rotatable bonds is 2. The first-order chi connectivity index (χ1) is 9.28. The molecular weight excluding hydrogens is 316 g/mol. The van der Waals surface area contributed by atoms with Crippen molar-refractivity contribution >= 4 is 34.8 Å². The van der Waals surface area contributed by atoms with Gasteiger partial charge in [0.15, 0.2) is 5.41 Å². The molecule has 8 heteroatoms. The molecule has 0 aliphatic carbocycles. The van der Waals surface area contributed by atoms with Gasteiger partial charge in [-0.25, -0.2) is 0 Å². The maximum Gasteiger partial charge on any atom is 0.404 e. The summed E-state index contributed by atoms with van der Waals surface area (Å²) in [6, 6.07) is 4.42. The summed E-state index contributed by atoms with van der Waals surface area (Å²) < 4.78 is 39.6. The summed E-state index contributed by atoms with van der Waals surface area (Å²) in [5, 5.41) is 4.96. The SMILES string of the molecule is O=C(Nc1c(Cl)cccc1Cl)C1(C(F)(F)F)CCNC1. The van der Waals surface area contributed by atoms with E-state index in [9.17, 15) is 18.0 Å². The summed E-state index contributed by atoms with van der Waals surface area (Å²) in [6.45, 7) is -0.326. The lowest BCUT2D eigenvalue weighted by Crippen LogP contribution is -2.49. The van der Waals surface area contributed by atoms with Crippen LogP contribution in [0.1, 0.15) is 6.42 Å². The number of amides is 1. The molecule has 3 nitrogen and oxygen atoms in total. The zero-order valence-electron chi connectivity index (χ0n) is 10.2. The van der Waals surface area contributed by atoms with Crippen molar-refractivity contribution in [1.82, 2.24) is 5.32 Å². The Bertz CT molecular complexity index is 508. The largest absolute Gasteiger partial charge is 0.404 e. The summed E-state index contributed by atoms with van der Waals surface area (Å²) in [5.74, 6) is -1.15. The van der Waals surface area contributed by atoms with Crippen molar-refractivity contribution in [3.05, 3.63) is 28.2 Å². The highest BCUT2D eigenvalue weighted by Gasteiger charge is 2.61. The van der Waals surface area contributed by atoms with Crippen LogP contribution < -0.4 is 10.6 Å². The Kier molecular flexibility index (Phi) is 4.18. The first kappa shape index (κ1) is 15.4. The summed E-state index contributed by atoms with van der Waals surface area (Å²) in [5.41, 5.74) is -2.45. The lowest BCUT2D eigenvalue weighted by atomic mass is 9.85. The normalized spacial score (nSPS) is 22.9. The van der Waals surface area contributed by atoms with E-state index in [1.54, 1.807) is 0 Å². The summed E-state index contributed by atoms with van der Waals surface area (Å²) in [7, 11) is 0. The number of hydrogen-bond donors (Lipinski definition) is 2. The van der Waals surface area contributed by atoms with E-state index in [2.05, 4.69) is 10.6 Å². The standard InChI is InChI=1S/C12H11Cl2F3N2O/c13-7-2-1-3-8(14)9(7)19-10(20)11(12(15,16)17)4-5-18-6-11/h1-3,18H,4-6H2,(H,19,20). The number of carbonyl (C=O) groups excluding carboxylic acids is 1. The van der Waals surface area contributed by atoms with Gasteiger partial charge >= 0.3 is 6.18 Å². The highest BCUT2D eigenvalue weighted by atomic mass is 35.5. The molecule has 1 heterocycles. The van der Waals surface area contributed by atoms with E-state index in [0.717, 1.165) is 0 Å². The third-order valence-corrected chi connectivity index (χ3v) is 3.96. The van der Waals surface area contributed by atoms with E-state index >= 15 is 0 Å². The lowest BCUT2D eigenvalue weighted by Gasteiger charge is -2.29. The molecule has 1 atom stereocenters. The van der Waals surface area contributed by atoms with E-state index in [1.165, 1.54) is 18.2 Å². The molecule has 1 unspecified atom stereocenters. The predicted octanol–water partition coefficient (Wildman–Crippen LogP) is 3.47. The maximum atomic E-state index is 13.2. The minimum Gasteiger partial charge on any atom is -0.323 e. The predicted molar refractivity (Wildman–Crippen MR) is 71.1 cm³/mol. The van der Waals surface area contributed by atoms with Crippen LogP contribution in [0.4, 0.5) is 18.9 Å². The number of nitrogens with one attached hydrogen (secondary N) is 2. The smallest absolute Gasteiger partial charge is 0.323 e. The van der Waals surface area contributed by atoms with Crippen LogP contribution in [0.25, 0.3) is 0 Å². The van der Waals surface area contributed by atoms with Gasteiger partial charge in [-0.1, -0.05) is 29.3 Å². The number of benzene rings is 1. The van der Waals surface area contributed by atoms with Crippen LogP contribution in [0.5, 0.6) is 0 Å². The van der Waals surface area contributed by atoms with E-state index in [0.29, 0.717) is 0 Å². The zero-order chi connectivity index (χ0) is 15.0. The van der Waals surface area contributed by atoms with Gasteiger partial charge in [-0.2, -0.15) is 13.2 Å². The van der Waals surface area contributed by atoms with E-state index in [4.69, 9.17) is 23.2 Å². The fraction of sp³-hybridized carbons (Fsp3) is 0.417. The van der Waals surface area contributed by atoms with Gasteiger partial charge in [0, 0.05) is 6.54 Å². The highest BCUT2D eigenvalue weighted by Crippen LogP contribution is 2.44. The Morgan fingerprint density at radius 3 is 2.35 bits per heavy atom. The third kappa shape index (κ3) is 2.60. The number of para-hydroxylation sites is 1. The molecule has 1 aromatic carbocycles. The Hall–Kier alpha value is -0.980. The minimum atomic E-state index is -4.64. The molecule has 0 aromatic heterocycles. The molecule has 0 saturated carbocycles. The molecule has 1 aliphatic rings. The molecule has 110 valence electrons. The summed E-state index contributed by atoms with van der Waals surface area (Å²) >= 11 is 11.7. The van der Waals surface area contributed by atoms with Crippen LogP contribution >= 0.6 is 23.2 Å². The topological polar surface area (TPSA) is 41.1 Å². The van der Waals surface area contributed by atoms with Crippen molar-refractivity contribution in [1.29, 1.82) is 0 Å². The molecular formula is C12H11Cl2F3N2O. The van der Waals surface area contributed by atoms with Crippen LogP contribution in [0.15, 0.2) is 18.2 Å². The van der Waals surface area contributed by atoms with Crippen LogP contribution in [-0.2, 0) is 4.79 Å². The highest BCUT2D eigenvalue weighted by molar-refractivity contribution is 6.39. The second kappa shape index (κ2) is 5.42. The van der Waals surface area contributed by atoms with Crippen molar-refractivity contribution in [3.63, 3.8) is 0 Å². The minimum absolute atomic E-state index is 0.00337. The molecule has 1 amide bonds. The van der Waals surface area contributed by atoms with Gasteiger partial charge in [-0.15, -0.1) is 0 Å². The quantitative estimate of drug-likeness (QED) is 0.873. The molecule has 2 rings (SSSR count). The number of hydrogen-bond acceptors (Lipinski definition) is 2. The second-order valence-electron chi connectivity index (χ2n) is 4.56. The Balaban J connectivity index is 2.31. The number of carbonyl (C=O) groups is 1. The van der Waals surface area contributed by atoms with Crippen molar-refractivity contribution in [2.75, 3.05) is 18.4 Å². The number of alkyl halides is 3. The lowest BCUT2D eigenvalue weighted by molar-refractivity contribution is -0.213. The van der Waals surface area contributed by atoms with Gasteiger partial charge in [0.05, 0.1) is 15.7 Å². The fourth-order valence-electron chi connectivity index (χ4n) is 2.11. The van der Waals surface area contributed by atoms with Crippen molar-refractivity contribution in [2.45, 2.75) is 12.6 Å².